The molecule has 0 atom stereocenters. The van der Waals surface area contributed by atoms with Crippen LogP contribution in [0.1, 0.15) is 39.9 Å². The third-order valence-electron chi connectivity index (χ3n) is 3.40. The SMILES string of the molecule is COc1ccc(Cc2nc(C3CC3)c(C(N)=S)s2)cc1. The number of hydrogen-bond acceptors (Lipinski definition) is 4. The fraction of sp³-hybridized carbons (Fsp3) is 0.333. The minimum Gasteiger partial charge on any atom is -0.497 e. The van der Waals surface area contributed by atoms with E-state index in [1.165, 1.54) is 18.4 Å². The lowest BCUT2D eigenvalue weighted by molar-refractivity contribution is 0.414. The van der Waals surface area contributed by atoms with Crippen molar-refractivity contribution in [1.82, 2.24) is 4.98 Å². The fourth-order valence-electron chi connectivity index (χ4n) is 2.18. The molecule has 0 unspecified atom stereocenters. The van der Waals surface area contributed by atoms with E-state index in [2.05, 4.69) is 12.1 Å². The van der Waals surface area contributed by atoms with E-state index in [4.69, 9.17) is 27.7 Å². The van der Waals surface area contributed by atoms with Crippen LogP contribution in [0.4, 0.5) is 0 Å². The average molecular weight is 304 g/mol. The minimum absolute atomic E-state index is 0.477. The predicted octanol–water partition coefficient (Wildman–Crippen LogP) is 3.25. The van der Waals surface area contributed by atoms with Gasteiger partial charge in [0.15, 0.2) is 0 Å². The van der Waals surface area contributed by atoms with Crippen LogP contribution < -0.4 is 10.5 Å². The summed E-state index contributed by atoms with van der Waals surface area (Å²) >= 11 is 6.77. The third-order valence-corrected chi connectivity index (χ3v) is 4.84. The van der Waals surface area contributed by atoms with Gasteiger partial charge in [-0.2, -0.15) is 0 Å². The zero-order chi connectivity index (χ0) is 14.1. The highest BCUT2D eigenvalue weighted by Gasteiger charge is 2.30. The molecular formula is C15H16N2OS2. The predicted molar refractivity (Wildman–Crippen MR) is 85.8 cm³/mol. The van der Waals surface area contributed by atoms with Gasteiger partial charge in [-0.05, 0) is 30.5 Å². The maximum Gasteiger partial charge on any atom is 0.118 e. The lowest BCUT2D eigenvalue weighted by atomic mass is 10.1. The quantitative estimate of drug-likeness (QED) is 0.861. The van der Waals surface area contributed by atoms with Gasteiger partial charge in [-0.25, -0.2) is 4.98 Å². The van der Waals surface area contributed by atoms with E-state index in [-0.39, 0.29) is 0 Å². The maximum atomic E-state index is 5.81. The summed E-state index contributed by atoms with van der Waals surface area (Å²) in [5, 5.41) is 1.08. The molecule has 0 aliphatic heterocycles. The number of hydrogen-bond donors (Lipinski definition) is 1. The van der Waals surface area contributed by atoms with Crippen LogP contribution in [0.5, 0.6) is 5.75 Å². The number of benzene rings is 1. The van der Waals surface area contributed by atoms with Gasteiger partial charge in [0.25, 0.3) is 0 Å². The zero-order valence-corrected chi connectivity index (χ0v) is 12.9. The van der Waals surface area contributed by atoms with E-state index >= 15 is 0 Å². The largest absolute Gasteiger partial charge is 0.497 e. The summed E-state index contributed by atoms with van der Waals surface area (Å²) in [7, 11) is 1.67. The van der Waals surface area contributed by atoms with Crippen LogP contribution in [0, 0.1) is 0 Å². The lowest BCUT2D eigenvalue weighted by Gasteiger charge is -2.01. The Morgan fingerprint density at radius 2 is 2.10 bits per heavy atom. The molecule has 2 aromatic rings. The van der Waals surface area contributed by atoms with E-state index in [9.17, 15) is 0 Å². The number of methoxy groups -OCH3 is 1. The molecule has 1 aliphatic rings. The van der Waals surface area contributed by atoms with Crippen molar-refractivity contribution in [2.75, 3.05) is 7.11 Å². The number of nitrogens with two attached hydrogens (primary N) is 1. The maximum absolute atomic E-state index is 5.81. The molecule has 3 rings (SSSR count). The number of nitrogens with zero attached hydrogens (tertiary/aromatic N) is 1. The molecule has 0 spiro atoms. The molecule has 104 valence electrons. The molecule has 1 aromatic heterocycles. The number of rotatable bonds is 5. The number of ether oxygens (including phenoxy) is 1. The lowest BCUT2D eigenvalue weighted by Crippen LogP contribution is -2.09. The topological polar surface area (TPSA) is 48.1 Å². The van der Waals surface area contributed by atoms with Gasteiger partial charge < -0.3 is 10.5 Å². The molecule has 1 saturated carbocycles. The Morgan fingerprint density at radius 1 is 1.40 bits per heavy atom. The van der Waals surface area contributed by atoms with Gasteiger partial charge in [-0.15, -0.1) is 11.3 Å². The first kappa shape index (κ1) is 13.5. The van der Waals surface area contributed by atoms with E-state index in [1.807, 2.05) is 12.1 Å². The summed E-state index contributed by atoms with van der Waals surface area (Å²) in [6.45, 7) is 0. The monoisotopic (exact) mass is 304 g/mol. The first-order chi connectivity index (χ1) is 9.67. The highest BCUT2D eigenvalue weighted by Crippen LogP contribution is 2.42. The Kier molecular flexibility index (Phi) is 3.72. The van der Waals surface area contributed by atoms with Crippen LogP contribution in [-0.2, 0) is 6.42 Å². The summed E-state index contributed by atoms with van der Waals surface area (Å²) in [5.41, 5.74) is 8.15. The van der Waals surface area contributed by atoms with Crippen molar-refractivity contribution >= 4 is 28.5 Å². The Morgan fingerprint density at radius 3 is 2.65 bits per heavy atom. The second-order valence-electron chi connectivity index (χ2n) is 4.99. The smallest absolute Gasteiger partial charge is 0.118 e. The normalized spacial score (nSPS) is 14.2. The molecule has 0 radical (unpaired) electrons. The van der Waals surface area contributed by atoms with Crippen molar-refractivity contribution in [3.05, 3.63) is 45.4 Å². The molecule has 1 fully saturated rings. The Balaban J connectivity index is 1.82. The Labute approximate surface area is 127 Å². The molecule has 1 heterocycles. The van der Waals surface area contributed by atoms with Crippen LogP contribution in [0.25, 0.3) is 0 Å². The zero-order valence-electron chi connectivity index (χ0n) is 11.3. The van der Waals surface area contributed by atoms with Gasteiger partial charge in [-0.1, -0.05) is 24.4 Å². The van der Waals surface area contributed by atoms with E-state index in [0.29, 0.717) is 10.9 Å². The Hall–Kier alpha value is -1.46. The van der Waals surface area contributed by atoms with Gasteiger partial charge in [0, 0.05) is 12.3 Å². The van der Waals surface area contributed by atoms with Gasteiger partial charge in [-0.3, -0.25) is 0 Å². The highest BCUT2D eigenvalue weighted by atomic mass is 32.1. The van der Waals surface area contributed by atoms with Crippen LogP contribution in [-0.4, -0.2) is 17.1 Å². The van der Waals surface area contributed by atoms with Gasteiger partial charge in [0.2, 0.25) is 0 Å². The van der Waals surface area contributed by atoms with Crippen LogP contribution in [0.3, 0.4) is 0 Å². The van der Waals surface area contributed by atoms with Crippen molar-refractivity contribution in [1.29, 1.82) is 0 Å². The summed E-state index contributed by atoms with van der Waals surface area (Å²) in [4.78, 5) is 6.23. The van der Waals surface area contributed by atoms with Gasteiger partial charge in [0.1, 0.15) is 10.7 Å². The van der Waals surface area contributed by atoms with E-state index in [1.54, 1.807) is 18.4 Å². The summed E-state index contributed by atoms with van der Waals surface area (Å²) < 4.78 is 5.17. The second-order valence-corrected chi connectivity index (χ2v) is 6.51. The molecule has 5 heteroatoms. The first-order valence-electron chi connectivity index (χ1n) is 6.59. The van der Waals surface area contributed by atoms with E-state index < -0.39 is 0 Å². The Bertz CT molecular complexity index is 630. The minimum atomic E-state index is 0.477. The second kappa shape index (κ2) is 5.50. The molecule has 0 bridgehead atoms. The summed E-state index contributed by atoms with van der Waals surface area (Å²) in [6.07, 6.45) is 3.24. The van der Waals surface area contributed by atoms with Gasteiger partial charge in [0.05, 0.1) is 22.7 Å². The first-order valence-corrected chi connectivity index (χ1v) is 7.82. The van der Waals surface area contributed by atoms with Gasteiger partial charge >= 0.3 is 0 Å². The van der Waals surface area contributed by atoms with Crippen molar-refractivity contribution in [2.45, 2.75) is 25.2 Å². The van der Waals surface area contributed by atoms with Crippen LogP contribution in [0.15, 0.2) is 24.3 Å². The van der Waals surface area contributed by atoms with Crippen molar-refractivity contribution in [3.8, 4) is 5.75 Å². The molecule has 2 N–H and O–H groups in total. The van der Waals surface area contributed by atoms with Crippen LogP contribution >= 0.6 is 23.6 Å². The summed E-state index contributed by atoms with van der Waals surface area (Å²) in [6, 6.07) is 8.08. The molecule has 1 aromatic carbocycles. The fourth-order valence-corrected chi connectivity index (χ4v) is 3.45. The van der Waals surface area contributed by atoms with Crippen molar-refractivity contribution in [2.24, 2.45) is 5.73 Å². The molecule has 20 heavy (non-hydrogen) atoms. The average Bonchev–Trinajstić information content (AvgIpc) is 3.21. The molecular weight excluding hydrogens is 288 g/mol. The molecule has 0 amide bonds. The standard InChI is InChI=1S/C15H16N2OS2/c1-18-11-6-2-9(3-7-11)8-12-17-13(10-4-5-10)14(20-12)15(16)19/h2-3,6-7,10H,4-5,8H2,1H3,(H2,16,19). The number of thiocarbonyl (C=S) groups is 1. The number of thiazole rings is 1. The molecule has 0 saturated heterocycles. The summed E-state index contributed by atoms with van der Waals surface area (Å²) in [5.74, 6) is 1.45. The molecule has 3 nitrogen and oxygen atoms in total. The van der Waals surface area contributed by atoms with E-state index in [0.717, 1.165) is 27.7 Å². The molecule has 1 aliphatic carbocycles. The van der Waals surface area contributed by atoms with Crippen molar-refractivity contribution in [3.63, 3.8) is 0 Å². The third kappa shape index (κ3) is 2.83. The number of aromatic nitrogens is 1. The van der Waals surface area contributed by atoms with Crippen molar-refractivity contribution < 1.29 is 4.74 Å². The van der Waals surface area contributed by atoms with Crippen LogP contribution in [0.2, 0.25) is 0 Å². The highest BCUT2D eigenvalue weighted by molar-refractivity contribution is 7.81.